The first-order valence-corrected chi connectivity index (χ1v) is 6.74. The molecule has 1 atom stereocenters. The zero-order chi connectivity index (χ0) is 15.6. The quantitative estimate of drug-likeness (QED) is 0.650. The Balaban J connectivity index is 2.29. The second-order valence-corrected chi connectivity index (χ2v) is 5.29. The number of ether oxygens (including phenoxy) is 1. The second kappa shape index (κ2) is 5.90. The monoisotopic (exact) mass is 308 g/mol. The van der Waals surface area contributed by atoms with Gasteiger partial charge < -0.3 is 15.6 Å². The highest BCUT2D eigenvalue weighted by molar-refractivity contribution is 7.14. The molecular formula is C13H12N2O5S. The summed E-state index contributed by atoms with van der Waals surface area (Å²) in [5.41, 5.74) is 5.22. The molecule has 0 bridgehead atoms. The van der Waals surface area contributed by atoms with Gasteiger partial charge in [0.25, 0.3) is 5.06 Å². The average Bonchev–Trinajstić information content (AvgIpc) is 2.83. The largest absolute Gasteiger partial charge is 0.440 e. The number of hydrogen-bond acceptors (Lipinski definition) is 6. The average molecular weight is 308 g/mol. The van der Waals surface area contributed by atoms with Crippen LogP contribution in [0, 0.1) is 10.1 Å². The highest BCUT2D eigenvalue weighted by atomic mass is 32.1. The Morgan fingerprint density at radius 1 is 1.43 bits per heavy atom. The molecular weight excluding hydrogens is 296 g/mol. The van der Waals surface area contributed by atoms with E-state index in [4.69, 9.17) is 10.5 Å². The van der Waals surface area contributed by atoms with Crippen LogP contribution in [-0.2, 0) is 0 Å². The molecule has 1 heterocycles. The minimum Gasteiger partial charge on any atom is -0.440 e. The smallest absolute Gasteiger partial charge is 0.323 e. The fourth-order valence-corrected chi connectivity index (χ4v) is 2.51. The number of nitrogens with two attached hydrogens (primary N) is 1. The van der Waals surface area contributed by atoms with Crippen molar-refractivity contribution in [2.45, 2.75) is 13.0 Å². The Labute approximate surface area is 123 Å². The number of aliphatic hydroxyl groups excluding tert-OH is 1. The van der Waals surface area contributed by atoms with Crippen molar-refractivity contribution in [1.82, 2.24) is 0 Å². The fraction of sp³-hybridized carbons (Fsp3) is 0.154. The maximum absolute atomic E-state index is 11.0. The van der Waals surface area contributed by atoms with Crippen molar-refractivity contribution in [3.05, 3.63) is 50.9 Å². The molecule has 1 amide bonds. The van der Waals surface area contributed by atoms with Gasteiger partial charge in [-0.1, -0.05) is 11.3 Å². The molecule has 110 valence electrons. The van der Waals surface area contributed by atoms with E-state index in [2.05, 4.69) is 0 Å². The number of nitrogens with zero attached hydrogens (tertiary/aromatic N) is 1. The molecule has 1 aromatic heterocycles. The van der Waals surface area contributed by atoms with Gasteiger partial charge in [0.05, 0.1) is 11.0 Å². The number of hydrogen-bond donors (Lipinski definition) is 2. The van der Waals surface area contributed by atoms with Crippen LogP contribution in [0.4, 0.5) is 5.69 Å². The number of carbonyl (C=O) groups excluding carboxylic acids is 1. The van der Waals surface area contributed by atoms with E-state index in [1.54, 1.807) is 0 Å². The van der Waals surface area contributed by atoms with E-state index in [-0.39, 0.29) is 10.8 Å². The highest BCUT2D eigenvalue weighted by Gasteiger charge is 2.23. The third-order valence-corrected chi connectivity index (χ3v) is 3.83. The van der Waals surface area contributed by atoms with E-state index < -0.39 is 16.9 Å². The summed E-state index contributed by atoms with van der Waals surface area (Å²) < 4.78 is 5.45. The molecule has 0 aliphatic heterocycles. The molecule has 0 aliphatic rings. The predicted molar refractivity (Wildman–Crippen MR) is 76.6 cm³/mol. The fourth-order valence-electron chi connectivity index (χ4n) is 1.58. The number of primary amides is 1. The lowest BCUT2D eigenvalue weighted by atomic mass is 10.2. The minimum absolute atomic E-state index is 0.0720. The highest BCUT2D eigenvalue weighted by Crippen LogP contribution is 2.41. The Bertz CT molecular complexity index is 678. The summed E-state index contributed by atoms with van der Waals surface area (Å²) in [5, 5.41) is 20.5. The van der Waals surface area contributed by atoms with Crippen molar-refractivity contribution in [3.63, 3.8) is 0 Å². The number of aliphatic hydroxyl groups is 1. The molecule has 7 nitrogen and oxygen atoms in total. The summed E-state index contributed by atoms with van der Waals surface area (Å²) in [6.07, 6.45) is -0.816. The third-order valence-electron chi connectivity index (χ3n) is 2.66. The van der Waals surface area contributed by atoms with E-state index in [1.165, 1.54) is 37.3 Å². The Morgan fingerprint density at radius 3 is 2.52 bits per heavy atom. The number of thiophene rings is 1. The molecule has 0 aliphatic carbocycles. The van der Waals surface area contributed by atoms with E-state index in [0.29, 0.717) is 16.2 Å². The summed E-state index contributed by atoms with van der Waals surface area (Å²) in [6, 6.07) is 7.19. The van der Waals surface area contributed by atoms with E-state index in [9.17, 15) is 20.0 Å². The van der Waals surface area contributed by atoms with Crippen molar-refractivity contribution >= 4 is 22.9 Å². The molecule has 8 heteroatoms. The molecule has 0 saturated heterocycles. The van der Waals surface area contributed by atoms with Crippen LogP contribution >= 0.6 is 11.3 Å². The normalized spacial score (nSPS) is 11.9. The topological polar surface area (TPSA) is 116 Å². The standard InChI is InChI=1S/C13H12N2O5S/c1-7(16)11-6-10(15(18)19)13(21-11)20-9-4-2-8(3-5-9)12(14)17/h2-7,16H,1H3,(H2,14,17). The molecule has 2 aromatic rings. The predicted octanol–water partition coefficient (Wildman–Crippen LogP) is 2.60. The first kappa shape index (κ1) is 14.9. The Morgan fingerprint density at radius 2 is 2.05 bits per heavy atom. The lowest BCUT2D eigenvalue weighted by Crippen LogP contribution is -2.10. The van der Waals surface area contributed by atoms with Crippen LogP contribution in [0.25, 0.3) is 0 Å². The molecule has 0 fully saturated rings. The first-order valence-electron chi connectivity index (χ1n) is 5.92. The Kier molecular flexibility index (Phi) is 4.20. The van der Waals surface area contributed by atoms with Crippen LogP contribution in [0.1, 0.15) is 28.3 Å². The first-order chi connectivity index (χ1) is 9.88. The summed E-state index contributed by atoms with van der Waals surface area (Å²) in [7, 11) is 0. The molecule has 0 saturated carbocycles. The van der Waals surface area contributed by atoms with Crippen molar-refractivity contribution in [3.8, 4) is 10.8 Å². The van der Waals surface area contributed by atoms with Crippen molar-refractivity contribution in [2.24, 2.45) is 5.73 Å². The maximum Gasteiger partial charge on any atom is 0.323 e. The maximum atomic E-state index is 11.0. The zero-order valence-corrected chi connectivity index (χ0v) is 11.8. The number of amides is 1. The summed E-state index contributed by atoms with van der Waals surface area (Å²) >= 11 is 0.996. The van der Waals surface area contributed by atoms with Crippen molar-refractivity contribution < 1.29 is 19.6 Å². The van der Waals surface area contributed by atoms with Crippen LogP contribution in [0.5, 0.6) is 10.8 Å². The second-order valence-electron chi connectivity index (χ2n) is 4.25. The Hall–Kier alpha value is -2.45. The van der Waals surface area contributed by atoms with Gasteiger partial charge in [-0.15, -0.1) is 0 Å². The molecule has 0 spiro atoms. The van der Waals surface area contributed by atoms with Gasteiger partial charge in [-0.3, -0.25) is 14.9 Å². The van der Waals surface area contributed by atoms with Gasteiger partial charge >= 0.3 is 5.69 Å². The molecule has 3 N–H and O–H groups in total. The molecule has 0 radical (unpaired) electrons. The molecule has 21 heavy (non-hydrogen) atoms. The lowest BCUT2D eigenvalue weighted by Gasteiger charge is -2.03. The number of rotatable bonds is 5. The van der Waals surface area contributed by atoms with Gasteiger partial charge in [-0.2, -0.15) is 0 Å². The number of nitro groups is 1. The van der Waals surface area contributed by atoms with Gasteiger partial charge in [0.15, 0.2) is 0 Å². The van der Waals surface area contributed by atoms with Crippen molar-refractivity contribution in [2.75, 3.05) is 0 Å². The van der Waals surface area contributed by atoms with Gasteiger partial charge in [-0.25, -0.2) is 0 Å². The zero-order valence-electron chi connectivity index (χ0n) is 11.0. The van der Waals surface area contributed by atoms with Gasteiger partial charge in [0.1, 0.15) is 5.75 Å². The SMILES string of the molecule is CC(O)c1cc([N+](=O)[O-])c(Oc2ccc(C(N)=O)cc2)s1. The van der Waals surface area contributed by atoms with Crippen molar-refractivity contribution in [1.29, 1.82) is 0 Å². The van der Waals surface area contributed by atoms with Crippen LogP contribution < -0.4 is 10.5 Å². The van der Waals surface area contributed by atoms with E-state index in [1.807, 2.05) is 0 Å². The van der Waals surface area contributed by atoms with Crippen LogP contribution in [0.15, 0.2) is 30.3 Å². The van der Waals surface area contributed by atoms with Gasteiger partial charge in [-0.05, 0) is 31.2 Å². The van der Waals surface area contributed by atoms with E-state index in [0.717, 1.165) is 11.3 Å². The third kappa shape index (κ3) is 3.36. The van der Waals surface area contributed by atoms with Crippen LogP contribution in [0.3, 0.4) is 0 Å². The van der Waals surface area contributed by atoms with Gasteiger partial charge in [0, 0.05) is 16.5 Å². The van der Waals surface area contributed by atoms with Crippen LogP contribution in [0.2, 0.25) is 0 Å². The minimum atomic E-state index is -0.816. The molecule has 1 aromatic carbocycles. The van der Waals surface area contributed by atoms with Gasteiger partial charge in [0.2, 0.25) is 5.91 Å². The number of carbonyl (C=O) groups is 1. The molecule has 2 rings (SSSR count). The molecule has 1 unspecified atom stereocenters. The number of benzene rings is 1. The summed E-state index contributed by atoms with van der Waals surface area (Å²) in [4.78, 5) is 21.8. The van der Waals surface area contributed by atoms with Crippen LogP contribution in [-0.4, -0.2) is 15.9 Å². The summed E-state index contributed by atoms with van der Waals surface area (Å²) in [6.45, 7) is 1.51. The summed E-state index contributed by atoms with van der Waals surface area (Å²) in [5.74, 6) is -0.234. The van der Waals surface area contributed by atoms with E-state index >= 15 is 0 Å². The lowest BCUT2D eigenvalue weighted by molar-refractivity contribution is -0.385.